The van der Waals surface area contributed by atoms with Crippen LogP contribution in [0.4, 0.5) is 0 Å². The third kappa shape index (κ3) is 3.33. The van der Waals surface area contributed by atoms with Crippen molar-refractivity contribution in [1.29, 1.82) is 0 Å². The molecule has 0 amide bonds. The first-order valence-electron chi connectivity index (χ1n) is 6.38. The maximum absolute atomic E-state index is 12.3. The molecule has 0 saturated carbocycles. The van der Waals surface area contributed by atoms with Crippen LogP contribution in [-0.2, 0) is 0 Å². The summed E-state index contributed by atoms with van der Waals surface area (Å²) in [6.07, 6.45) is 2.40. The van der Waals surface area contributed by atoms with E-state index in [2.05, 4.69) is 20.8 Å². The highest BCUT2D eigenvalue weighted by molar-refractivity contribution is 9.10. The van der Waals surface area contributed by atoms with Gasteiger partial charge in [-0.25, -0.2) is 0 Å². The number of carbonyl (C=O) groups excluding carboxylic acids is 1. The molecule has 1 aliphatic rings. The molecule has 1 aliphatic heterocycles. The quantitative estimate of drug-likeness (QED) is 0.782. The van der Waals surface area contributed by atoms with Crippen LogP contribution in [0.2, 0.25) is 0 Å². The van der Waals surface area contributed by atoms with Crippen molar-refractivity contribution in [2.75, 3.05) is 26.2 Å². The maximum Gasteiger partial charge on any atom is 0.180 e. The number of hydrogen-bond donors (Lipinski definition) is 0. The first-order valence-corrected chi connectivity index (χ1v) is 7.18. The van der Waals surface area contributed by atoms with Crippen LogP contribution in [0.15, 0.2) is 22.7 Å². The molecule has 0 bridgehead atoms. The minimum absolute atomic E-state index is 0.140. The number of ketones is 1. The van der Waals surface area contributed by atoms with Crippen molar-refractivity contribution in [2.45, 2.75) is 19.8 Å². The van der Waals surface area contributed by atoms with Crippen LogP contribution in [0.25, 0.3) is 0 Å². The molecule has 18 heavy (non-hydrogen) atoms. The van der Waals surface area contributed by atoms with Gasteiger partial charge in [0.15, 0.2) is 5.78 Å². The number of likely N-dealkylation sites (tertiary alicyclic amines) is 1. The van der Waals surface area contributed by atoms with E-state index in [1.165, 1.54) is 12.8 Å². The van der Waals surface area contributed by atoms with E-state index in [4.69, 9.17) is 4.74 Å². The van der Waals surface area contributed by atoms with E-state index in [0.717, 1.165) is 17.6 Å². The average Bonchev–Trinajstić information content (AvgIpc) is 2.84. The van der Waals surface area contributed by atoms with Crippen molar-refractivity contribution >= 4 is 21.7 Å². The molecule has 1 aromatic carbocycles. The SMILES string of the molecule is CCOc1ccc(Br)cc1C(=O)CN1CCCC1. The summed E-state index contributed by atoms with van der Waals surface area (Å²) in [5.41, 5.74) is 0.679. The molecule has 1 heterocycles. The highest BCUT2D eigenvalue weighted by Crippen LogP contribution is 2.24. The molecule has 4 heteroatoms. The van der Waals surface area contributed by atoms with Crippen molar-refractivity contribution in [3.05, 3.63) is 28.2 Å². The third-order valence-corrected chi connectivity index (χ3v) is 3.60. The number of halogens is 1. The maximum atomic E-state index is 12.3. The van der Waals surface area contributed by atoms with Gasteiger partial charge in [-0.05, 0) is 51.1 Å². The average molecular weight is 312 g/mol. The lowest BCUT2D eigenvalue weighted by Gasteiger charge is -2.15. The molecule has 0 unspecified atom stereocenters. The zero-order valence-corrected chi connectivity index (χ0v) is 12.2. The van der Waals surface area contributed by atoms with E-state index in [9.17, 15) is 4.79 Å². The molecule has 0 N–H and O–H groups in total. The van der Waals surface area contributed by atoms with Crippen molar-refractivity contribution in [3.8, 4) is 5.75 Å². The minimum Gasteiger partial charge on any atom is -0.493 e. The smallest absolute Gasteiger partial charge is 0.180 e. The first-order chi connectivity index (χ1) is 8.70. The van der Waals surface area contributed by atoms with Crippen molar-refractivity contribution in [3.63, 3.8) is 0 Å². The summed E-state index contributed by atoms with van der Waals surface area (Å²) < 4.78 is 6.43. The Kier molecular flexibility index (Phi) is 4.78. The van der Waals surface area contributed by atoms with Crippen LogP contribution in [0.1, 0.15) is 30.1 Å². The van der Waals surface area contributed by atoms with Crippen LogP contribution in [0.5, 0.6) is 5.75 Å². The van der Waals surface area contributed by atoms with Gasteiger partial charge in [0.25, 0.3) is 0 Å². The van der Waals surface area contributed by atoms with Crippen molar-refractivity contribution in [1.82, 2.24) is 4.90 Å². The molecule has 1 fully saturated rings. The summed E-state index contributed by atoms with van der Waals surface area (Å²) >= 11 is 3.41. The predicted molar refractivity (Wildman–Crippen MR) is 75.3 cm³/mol. The van der Waals surface area contributed by atoms with Crippen molar-refractivity contribution < 1.29 is 9.53 Å². The number of Topliss-reactive ketones (excluding diaryl/α,β-unsaturated/α-hetero) is 1. The predicted octanol–water partition coefficient (Wildman–Crippen LogP) is 3.13. The molecule has 0 spiro atoms. The molecule has 0 atom stereocenters. The first kappa shape index (κ1) is 13.6. The number of ether oxygens (including phenoxy) is 1. The number of hydrogen-bond acceptors (Lipinski definition) is 3. The van der Waals surface area contributed by atoms with E-state index in [1.807, 2.05) is 25.1 Å². The standard InChI is InChI=1S/C14H18BrNO2/c1-2-18-14-6-5-11(15)9-12(14)13(17)10-16-7-3-4-8-16/h5-6,9H,2-4,7-8,10H2,1H3. The second kappa shape index (κ2) is 6.34. The Hall–Kier alpha value is -0.870. The lowest BCUT2D eigenvalue weighted by atomic mass is 10.1. The number of rotatable bonds is 5. The van der Waals surface area contributed by atoms with Gasteiger partial charge >= 0.3 is 0 Å². The topological polar surface area (TPSA) is 29.5 Å². The Labute approximate surface area is 116 Å². The van der Waals surface area contributed by atoms with Crippen LogP contribution in [0.3, 0.4) is 0 Å². The molecular weight excluding hydrogens is 294 g/mol. The molecular formula is C14H18BrNO2. The summed E-state index contributed by atoms with van der Waals surface area (Å²) in [6, 6.07) is 5.60. The summed E-state index contributed by atoms with van der Waals surface area (Å²) in [6.45, 7) is 5.06. The minimum atomic E-state index is 0.140. The zero-order chi connectivity index (χ0) is 13.0. The fourth-order valence-corrected chi connectivity index (χ4v) is 2.59. The molecule has 0 aliphatic carbocycles. The number of nitrogens with zero attached hydrogens (tertiary/aromatic N) is 1. The summed E-state index contributed by atoms with van der Waals surface area (Å²) in [4.78, 5) is 14.5. The van der Waals surface area contributed by atoms with Gasteiger partial charge in [-0.3, -0.25) is 9.69 Å². The third-order valence-electron chi connectivity index (χ3n) is 3.11. The van der Waals surface area contributed by atoms with E-state index >= 15 is 0 Å². The Morgan fingerprint density at radius 1 is 1.39 bits per heavy atom. The summed E-state index contributed by atoms with van der Waals surface area (Å²) in [5.74, 6) is 0.826. The van der Waals surface area contributed by atoms with E-state index in [0.29, 0.717) is 24.5 Å². The van der Waals surface area contributed by atoms with Gasteiger partial charge < -0.3 is 4.74 Å². The van der Waals surface area contributed by atoms with E-state index < -0.39 is 0 Å². The zero-order valence-electron chi connectivity index (χ0n) is 10.6. The number of carbonyl (C=O) groups is 1. The van der Waals surface area contributed by atoms with Gasteiger partial charge in [0, 0.05) is 4.47 Å². The molecule has 0 aromatic heterocycles. The Balaban J connectivity index is 2.14. The lowest BCUT2D eigenvalue weighted by molar-refractivity contribution is 0.0941. The molecule has 1 aromatic rings. The monoisotopic (exact) mass is 311 g/mol. The Morgan fingerprint density at radius 2 is 2.11 bits per heavy atom. The Bertz CT molecular complexity index is 428. The number of benzene rings is 1. The molecule has 1 saturated heterocycles. The molecule has 0 radical (unpaired) electrons. The highest BCUT2D eigenvalue weighted by atomic mass is 79.9. The molecule has 98 valence electrons. The van der Waals surface area contributed by atoms with Crippen molar-refractivity contribution in [2.24, 2.45) is 0 Å². The van der Waals surface area contributed by atoms with E-state index in [1.54, 1.807) is 0 Å². The van der Waals surface area contributed by atoms with Crippen LogP contribution in [-0.4, -0.2) is 36.9 Å². The van der Waals surface area contributed by atoms with Gasteiger partial charge in [-0.15, -0.1) is 0 Å². The lowest BCUT2D eigenvalue weighted by Crippen LogP contribution is -2.27. The normalized spacial score (nSPS) is 15.9. The summed E-state index contributed by atoms with van der Waals surface area (Å²) in [7, 11) is 0. The van der Waals surface area contributed by atoms with Crippen LogP contribution < -0.4 is 4.74 Å². The largest absolute Gasteiger partial charge is 0.493 e. The Morgan fingerprint density at radius 3 is 2.78 bits per heavy atom. The summed E-state index contributed by atoms with van der Waals surface area (Å²) in [5, 5.41) is 0. The van der Waals surface area contributed by atoms with Gasteiger partial charge in [0.05, 0.1) is 18.7 Å². The fourth-order valence-electron chi connectivity index (χ4n) is 2.23. The second-order valence-electron chi connectivity index (χ2n) is 4.48. The van der Waals surface area contributed by atoms with Gasteiger partial charge in [0.1, 0.15) is 5.75 Å². The second-order valence-corrected chi connectivity index (χ2v) is 5.40. The van der Waals surface area contributed by atoms with Gasteiger partial charge in [-0.2, -0.15) is 0 Å². The van der Waals surface area contributed by atoms with Crippen LogP contribution in [0, 0.1) is 0 Å². The van der Waals surface area contributed by atoms with E-state index in [-0.39, 0.29) is 5.78 Å². The molecule has 3 nitrogen and oxygen atoms in total. The van der Waals surface area contributed by atoms with Gasteiger partial charge in [-0.1, -0.05) is 15.9 Å². The molecule has 2 rings (SSSR count). The van der Waals surface area contributed by atoms with Crippen LogP contribution >= 0.6 is 15.9 Å². The fraction of sp³-hybridized carbons (Fsp3) is 0.500. The van der Waals surface area contributed by atoms with Gasteiger partial charge in [0.2, 0.25) is 0 Å². The highest BCUT2D eigenvalue weighted by Gasteiger charge is 2.19.